The summed E-state index contributed by atoms with van der Waals surface area (Å²) in [6.07, 6.45) is 3.66. The summed E-state index contributed by atoms with van der Waals surface area (Å²) in [7, 11) is 0. The van der Waals surface area contributed by atoms with E-state index in [0.29, 0.717) is 23.6 Å². The fourth-order valence-corrected chi connectivity index (χ4v) is 3.49. The zero-order valence-electron chi connectivity index (χ0n) is 16.2. The molecule has 1 aromatic carbocycles. The van der Waals surface area contributed by atoms with E-state index in [4.69, 9.17) is 8.83 Å². The number of hydrazone groups is 1. The third kappa shape index (κ3) is 3.85. The number of furan rings is 2. The van der Waals surface area contributed by atoms with E-state index in [1.54, 1.807) is 12.1 Å². The van der Waals surface area contributed by atoms with Crippen LogP contribution in [0.3, 0.4) is 0 Å². The molecule has 2 aromatic heterocycles. The molecule has 0 radical (unpaired) electrons. The van der Waals surface area contributed by atoms with Gasteiger partial charge >= 0.3 is 5.91 Å². The van der Waals surface area contributed by atoms with Crippen LogP contribution >= 0.6 is 0 Å². The topological polar surface area (TPSA) is 96.8 Å². The molecule has 4 rings (SSSR count). The average Bonchev–Trinajstić information content (AvgIpc) is 3.35. The molecule has 2 amide bonds. The van der Waals surface area contributed by atoms with Gasteiger partial charge in [0, 0.05) is 23.2 Å². The number of hydrogen-bond acceptors (Lipinski definition) is 5. The molecule has 1 aliphatic rings. The second-order valence-corrected chi connectivity index (χ2v) is 7.01. The lowest BCUT2D eigenvalue weighted by atomic mass is 9.93. The lowest BCUT2D eigenvalue weighted by Gasteiger charge is -2.13. The molecule has 1 aliphatic carbocycles. The Bertz CT molecular complexity index is 1090. The predicted molar refractivity (Wildman–Crippen MR) is 108 cm³/mol. The van der Waals surface area contributed by atoms with Gasteiger partial charge in [0.05, 0.1) is 12.0 Å². The van der Waals surface area contributed by atoms with Gasteiger partial charge in [0.25, 0.3) is 5.91 Å². The molecule has 0 unspecified atom stereocenters. The molecule has 0 aliphatic heterocycles. The number of nitrogens with one attached hydrogen (secondary N) is 2. The number of amides is 2. The Labute approximate surface area is 167 Å². The molecule has 148 valence electrons. The summed E-state index contributed by atoms with van der Waals surface area (Å²) < 4.78 is 11.0. The van der Waals surface area contributed by atoms with Crippen molar-refractivity contribution in [2.45, 2.75) is 33.1 Å². The van der Waals surface area contributed by atoms with Crippen molar-refractivity contribution in [3.05, 3.63) is 76.6 Å². The Hall–Kier alpha value is -3.61. The second-order valence-electron chi connectivity index (χ2n) is 7.01. The van der Waals surface area contributed by atoms with Crippen molar-refractivity contribution in [1.82, 2.24) is 5.43 Å². The molecule has 2 N–H and O–H groups in total. The minimum atomic E-state index is -0.423. The van der Waals surface area contributed by atoms with Crippen LogP contribution in [0.1, 0.15) is 56.4 Å². The van der Waals surface area contributed by atoms with Crippen LogP contribution in [0.2, 0.25) is 0 Å². The number of carbonyl (C=O) groups excluding carboxylic acids is 2. The molecule has 0 atom stereocenters. The van der Waals surface area contributed by atoms with Crippen molar-refractivity contribution in [3.63, 3.8) is 0 Å². The Morgan fingerprint density at radius 1 is 1.07 bits per heavy atom. The van der Waals surface area contributed by atoms with Crippen LogP contribution in [-0.2, 0) is 6.42 Å². The van der Waals surface area contributed by atoms with Crippen LogP contribution in [0.4, 0.5) is 5.69 Å². The maximum atomic E-state index is 12.8. The zero-order valence-corrected chi connectivity index (χ0v) is 16.2. The van der Waals surface area contributed by atoms with Gasteiger partial charge in [-0.05, 0) is 56.5 Å². The number of hydrogen-bond donors (Lipinski definition) is 2. The van der Waals surface area contributed by atoms with Gasteiger partial charge in [-0.2, -0.15) is 5.10 Å². The Kier molecular flexibility index (Phi) is 5.03. The molecule has 0 saturated heterocycles. The van der Waals surface area contributed by atoms with Crippen LogP contribution in [0, 0.1) is 13.8 Å². The van der Waals surface area contributed by atoms with Gasteiger partial charge in [-0.15, -0.1) is 0 Å². The fraction of sp³-hybridized carbons (Fsp3) is 0.227. The lowest BCUT2D eigenvalue weighted by molar-refractivity contribution is 0.0926. The van der Waals surface area contributed by atoms with Crippen LogP contribution in [0.15, 0.2) is 56.6 Å². The van der Waals surface area contributed by atoms with E-state index in [-0.39, 0.29) is 17.4 Å². The summed E-state index contributed by atoms with van der Waals surface area (Å²) in [5.41, 5.74) is 6.50. The summed E-state index contributed by atoms with van der Waals surface area (Å²) in [5, 5.41) is 7.15. The highest BCUT2D eigenvalue weighted by molar-refractivity contribution is 6.09. The van der Waals surface area contributed by atoms with Crippen molar-refractivity contribution in [1.29, 1.82) is 0 Å². The zero-order chi connectivity index (χ0) is 20.4. The molecule has 0 saturated carbocycles. The maximum Gasteiger partial charge on any atom is 0.307 e. The smallest absolute Gasteiger partial charge is 0.307 e. The maximum absolute atomic E-state index is 12.8. The van der Waals surface area contributed by atoms with E-state index in [0.717, 1.165) is 29.5 Å². The molecular formula is C22H21N3O4. The highest BCUT2D eigenvalue weighted by Gasteiger charge is 2.28. The van der Waals surface area contributed by atoms with Gasteiger partial charge in [-0.3, -0.25) is 9.59 Å². The Morgan fingerprint density at radius 2 is 1.93 bits per heavy atom. The van der Waals surface area contributed by atoms with Gasteiger partial charge in [0.1, 0.15) is 5.76 Å². The van der Waals surface area contributed by atoms with Crippen molar-refractivity contribution >= 4 is 23.2 Å². The van der Waals surface area contributed by atoms with E-state index >= 15 is 0 Å². The van der Waals surface area contributed by atoms with Gasteiger partial charge in [0.15, 0.2) is 11.5 Å². The summed E-state index contributed by atoms with van der Waals surface area (Å²) in [5.74, 6) is 0.444. The number of benzene rings is 1. The SMILES string of the molecule is Cc1cccc(NC(=O)c2oc3c(c2C)/C(=N/NC(=O)c2ccco2)CCC3)c1. The molecule has 3 aromatic rings. The largest absolute Gasteiger partial charge is 0.459 e. The average molecular weight is 391 g/mol. The van der Waals surface area contributed by atoms with E-state index in [1.165, 1.54) is 6.26 Å². The van der Waals surface area contributed by atoms with Crippen molar-refractivity contribution in [2.24, 2.45) is 5.10 Å². The van der Waals surface area contributed by atoms with Gasteiger partial charge < -0.3 is 14.2 Å². The highest BCUT2D eigenvalue weighted by Crippen LogP contribution is 2.30. The number of anilines is 1. The van der Waals surface area contributed by atoms with Gasteiger partial charge in [-0.25, -0.2) is 5.43 Å². The number of fused-ring (bicyclic) bond motifs is 1. The van der Waals surface area contributed by atoms with Gasteiger partial charge in [-0.1, -0.05) is 12.1 Å². The number of rotatable bonds is 4. The molecule has 0 bridgehead atoms. The summed E-state index contributed by atoms with van der Waals surface area (Å²) in [6, 6.07) is 10.8. The fourth-order valence-electron chi connectivity index (χ4n) is 3.49. The van der Waals surface area contributed by atoms with Crippen LogP contribution in [-0.4, -0.2) is 17.5 Å². The van der Waals surface area contributed by atoms with Crippen molar-refractivity contribution < 1.29 is 18.4 Å². The van der Waals surface area contributed by atoms with E-state index in [9.17, 15) is 9.59 Å². The van der Waals surface area contributed by atoms with E-state index in [1.807, 2.05) is 38.1 Å². The first-order valence-corrected chi connectivity index (χ1v) is 9.44. The second kappa shape index (κ2) is 7.79. The predicted octanol–water partition coefficient (Wildman–Crippen LogP) is 4.21. The number of carbonyl (C=O) groups is 2. The van der Waals surface area contributed by atoms with E-state index < -0.39 is 5.91 Å². The minimum Gasteiger partial charge on any atom is -0.459 e. The lowest BCUT2D eigenvalue weighted by Crippen LogP contribution is -2.21. The summed E-state index contributed by atoms with van der Waals surface area (Å²) >= 11 is 0. The summed E-state index contributed by atoms with van der Waals surface area (Å²) in [6.45, 7) is 3.80. The van der Waals surface area contributed by atoms with Crippen LogP contribution < -0.4 is 10.7 Å². The van der Waals surface area contributed by atoms with Crippen molar-refractivity contribution in [2.75, 3.05) is 5.32 Å². The summed E-state index contributed by atoms with van der Waals surface area (Å²) in [4.78, 5) is 24.9. The molecule has 2 heterocycles. The Morgan fingerprint density at radius 3 is 2.69 bits per heavy atom. The van der Waals surface area contributed by atoms with Crippen LogP contribution in [0.5, 0.6) is 0 Å². The van der Waals surface area contributed by atoms with Gasteiger partial charge in [0.2, 0.25) is 0 Å². The Balaban J connectivity index is 1.58. The van der Waals surface area contributed by atoms with Crippen molar-refractivity contribution in [3.8, 4) is 0 Å². The first-order valence-electron chi connectivity index (χ1n) is 9.44. The minimum absolute atomic E-state index is 0.188. The first kappa shape index (κ1) is 18.7. The standard InChI is InChI=1S/C22H21N3O4/c1-13-6-3-7-15(12-13)23-22(27)20-14(2)19-16(8-4-9-17(19)29-20)24-25-21(26)18-10-5-11-28-18/h3,5-7,10-12H,4,8-9H2,1-2H3,(H,23,27)(H,25,26)/b24-16+. The van der Waals surface area contributed by atoms with E-state index in [2.05, 4.69) is 15.8 Å². The normalized spacial score (nSPS) is 14.5. The third-order valence-corrected chi connectivity index (χ3v) is 4.85. The molecule has 0 fully saturated rings. The first-order chi connectivity index (χ1) is 14.0. The van der Waals surface area contributed by atoms with Crippen LogP contribution in [0.25, 0.3) is 0 Å². The molecule has 0 spiro atoms. The molecule has 7 nitrogen and oxygen atoms in total. The highest BCUT2D eigenvalue weighted by atomic mass is 16.4. The molecule has 7 heteroatoms. The number of aryl methyl sites for hydroxylation is 2. The number of nitrogens with zero attached hydrogens (tertiary/aromatic N) is 1. The molecule has 29 heavy (non-hydrogen) atoms. The monoisotopic (exact) mass is 391 g/mol. The molecular weight excluding hydrogens is 370 g/mol. The quantitative estimate of drug-likeness (QED) is 0.651. The third-order valence-electron chi connectivity index (χ3n) is 4.85.